The van der Waals surface area contributed by atoms with Gasteiger partial charge in [-0.1, -0.05) is 26.8 Å². The largest absolute Gasteiger partial charge is 0.436 e. The fourth-order valence-corrected chi connectivity index (χ4v) is 2.37. The molecule has 0 radical (unpaired) electrons. The van der Waals surface area contributed by atoms with Crippen molar-refractivity contribution in [3.63, 3.8) is 0 Å². The molecule has 1 N–H and O–H groups in total. The lowest BCUT2D eigenvalue weighted by Crippen LogP contribution is -2.08. The van der Waals surface area contributed by atoms with Crippen molar-refractivity contribution in [3.05, 3.63) is 48.0 Å². The zero-order chi connectivity index (χ0) is 16.4. The minimum atomic E-state index is 0.000766. The summed E-state index contributed by atoms with van der Waals surface area (Å²) in [5.41, 5.74) is 4.57. The van der Waals surface area contributed by atoms with Crippen LogP contribution in [0.4, 0.5) is 5.69 Å². The van der Waals surface area contributed by atoms with Gasteiger partial charge in [0, 0.05) is 17.7 Å². The summed E-state index contributed by atoms with van der Waals surface area (Å²) < 4.78 is 5.83. The molecule has 1 aromatic heterocycles. The molecule has 3 rings (SSSR count). The molecule has 0 unspecified atom stereocenters. The number of hydrogen-bond acceptors (Lipinski definition) is 3. The summed E-state index contributed by atoms with van der Waals surface area (Å²) in [6.45, 7) is 6.14. The summed E-state index contributed by atoms with van der Waals surface area (Å²) in [5, 5.41) is 2.83. The van der Waals surface area contributed by atoms with Gasteiger partial charge < -0.3 is 9.73 Å². The Balaban J connectivity index is 1.89. The van der Waals surface area contributed by atoms with Crippen LogP contribution in [0.5, 0.6) is 0 Å². The SMILES string of the molecule is CCC(=O)Nc1ccc(-c2nc3cc(C(C)C)ccc3o2)cc1. The number of amides is 1. The van der Waals surface area contributed by atoms with Crippen LogP contribution >= 0.6 is 0 Å². The maximum atomic E-state index is 11.4. The minimum absolute atomic E-state index is 0.000766. The van der Waals surface area contributed by atoms with Crippen LogP contribution in [0.1, 0.15) is 38.7 Å². The third kappa shape index (κ3) is 3.26. The molecule has 0 fully saturated rings. The number of carbonyl (C=O) groups excluding carboxylic acids is 1. The number of aromatic nitrogens is 1. The maximum absolute atomic E-state index is 11.4. The molecule has 0 atom stereocenters. The number of hydrogen-bond donors (Lipinski definition) is 1. The van der Waals surface area contributed by atoms with Gasteiger partial charge in [0.25, 0.3) is 0 Å². The van der Waals surface area contributed by atoms with Crippen molar-refractivity contribution in [2.24, 2.45) is 0 Å². The van der Waals surface area contributed by atoms with Gasteiger partial charge in [0.1, 0.15) is 5.52 Å². The van der Waals surface area contributed by atoms with E-state index in [1.807, 2.05) is 37.3 Å². The number of carbonyl (C=O) groups is 1. The van der Waals surface area contributed by atoms with E-state index in [9.17, 15) is 4.79 Å². The van der Waals surface area contributed by atoms with E-state index in [4.69, 9.17) is 4.42 Å². The molecular weight excluding hydrogens is 288 g/mol. The predicted molar refractivity (Wildman–Crippen MR) is 92.5 cm³/mol. The Morgan fingerprint density at radius 3 is 2.57 bits per heavy atom. The van der Waals surface area contributed by atoms with Crippen molar-refractivity contribution < 1.29 is 9.21 Å². The summed E-state index contributed by atoms with van der Waals surface area (Å²) in [6.07, 6.45) is 0.463. The molecular formula is C19H20N2O2. The van der Waals surface area contributed by atoms with E-state index in [1.165, 1.54) is 5.56 Å². The van der Waals surface area contributed by atoms with Gasteiger partial charge in [-0.25, -0.2) is 4.98 Å². The Morgan fingerprint density at radius 1 is 1.17 bits per heavy atom. The average Bonchev–Trinajstić information content (AvgIpc) is 2.98. The molecule has 4 heteroatoms. The molecule has 1 amide bonds. The summed E-state index contributed by atoms with van der Waals surface area (Å²) in [4.78, 5) is 16.0. The molecule has 0 spiro atoms. The molecule has 3 aromatic rings. The van der Waals surface area contributed by atoms with Crippen LogP contribution < -0.4 is 5.32 Å². The van der Waals surface area contributed by atoms with Crippen LogP contribution in [0.3, 0.4) is 0 Å². The first-order valence-electron chi connectivity index (χ1n) is 7.87. The van der Waals surface area contributed by atoms with Crippen LogP contribution in [0.25, 0.3) is 22.6 Å². The number of anilines is 1. The second-order valence-corrected chi connectivity index (χ2v) is 5.88. The third-order valence-electron chi connectivity index (χ3n) is 3.82. The van der Waals surface area contributed by atoms with Crippen LogP contribution in [0.15, 0.2) is 46.9 Å². The van der Waals surface area contributed by atoms with Gasteiger partial charge in [0.05, 0.1) is 0 Å². The fourth-order valence-electron chi connectivity index (χ4n) is 2.37. The van der Waals surface area contributed by atoms with Crippen LogP contribution in [-0.2, 0) is 4.79 Å². The van der Waals surface area contributed by atoms with E-state index in [1.54, 1.807) is 0 Å². The topological polar surface area (TPSA) is 55.1 Å². The second kappa shape index (κ2) is 6.24. The zero-order valence-electron chi connectivity index (χ0n) is 13.6. The molecule has 2 aromatic carbocycles. The molecule has 23 heavy (non-hydrogen) atoms. The van der Waals surface area contributed by atoms with Crippen molar-refractivity contribution in [3.8, 4) is 11.5 Å². The first-order chi connectivity index (χ1) is 11.1. The molecule has 0 aliphatic heterocycles. The van der Waals surface area contributed by atoms with E-state index < -0.39 is 0 Å². The summed E-state index contributed by atoms with van der Waals surface area (Å²) >= 11 is 0. The van der Waals surface area contributed by atoms with E-state index in [-0.39, 0.29) is 5.91 Å². The lowest BCUT2D eigenvalue weighted by molar-refractivity contribution is -0.115. The Kier molecular flexibility index (Phi) is 4.15. The molecule has 1 heterocycles. The zero-order valence-corrected chi connectivity index (χ0v) is 13.6. The van der Waals surface area contributed by atoms with Crippen molar-refractivity contribution in [2.45, 2.75) is 33.1 Å². The summed E-state index contributed by atoms with van der Waals surface area (Å²) in [6, 6.07) is 13.6. The van der Waals surface area contributed by atoms with Crippen LogP contribution in [0.2, 0.25) is 0 Å². The van der Waals surface area contributed by atoms with E-state index in [2.05, 4.69) is 36.3 Å². The standard InChI is InChI=1S/C19H20N2O2/c1-4-18(22)20-15-8-5-13(6-9-15)19-21-16-11-14(12(2)3)7-10-17(16)23-19/h5-12H,4H2,1-3H3,(H,20,22). The van der Waals surface area contributed by atoms with Gasteiger partial charge in [0.15, 0.2) is 5.58 Å². The van der Waals surface area contributed by atoms with E-state index >= 15 is 0 Å². The first kappa shape index (κ1) is 15.3. The monoisotopic (exact) mass is 308 g/mol. The first-order valence-corrected chi connectivity index (χ1v) is 7.87. The van der Waals surface area contributed by atoms with Gasteiger partial charge in [-0.05, 0) is 47.9 Å². The quantitative estimate of drug-likeness (QED) is 0.740. The number of fused-ring (bicyclic) bond motifs is 1. The van der Waals surface area contributed by atoms with E-state index in [0.717, 1.165) is 22.4 Å². The molecule has 0 saturated carbocycles. The van der Waals surface area contributed by atoms with Gasteiger partial charge >= 0.3 is 0 Å². The lowest BCUT2D eigenvalue weighted by atomic mass is 10.0. The molecule has 0 aliphatic carbocycles. The number of rotatable bonds is 4. The molecule has 118 valence electrons. The van der Waals surface area contributed by atoms with Crippen LogP contribution in [0, 0.1) is 0 Å². The minimum Gasteiger partial charge on any atom is -0.436 e. The van der Waals surface area contributed by atoms with Gasteiger partial charge in [-0.2, -0.15) is 0 Å². The number of benzene rings is 2. The Morgan fingerprint density at radius 2 is 1.91 bits per heavy atom. The highest BCUT2D eigenvalue weighted by Gasteiger charge is 2.10. The Labute approximate surface area is 135 Å². The Bertz CT molecular complexity index is 832. The van der Waals surface area contributed by atoms with Gasteiger partial charge in [0.2, 0.25) is 11.8 Å². The highest BCUT2D eigenvalue weighted by molar-refractivity contribution is 5.90. The number of oxazole rings is 1. The van der Waals surface area contributed by atoms with E-state index in [0.29, 0.717) is 18.2 Å². The lowest BCUT2D eigenvalue weighted by Gasteiger charge is -2.03. The van der Waals surface area contributed by atoms with Gasteiger partial charge in [-0.3, -0.25) is 4.79 Å². The van der Waals surface area contributed by atoms with Crippen molar-refractivity contribution in [1.29, 1.82) is 0 Å². The molecule has 0 bridgehead atoms. The number of nitrogens with one attached hydrogen (secondary N) is 1. The molecule has 4 nitrogen and oxygen atoms in total. The third-order valence-corrected chi connectivity index (χ3v) is 3.82. The fraction of sp³-hybridized carbons (Fsp3) is 0.263. The van der Waals surface area contributed by atoms with Crippen molar-refractivity contribution in [1.82, 2.24) is 4.98 Å². The smallest absolute Gasteiger partial charge is 0.227 e. The van der Waals surface area contributed by atoms with Gasteiger partial charge in [-0.15, -0.1) is 0 Å². The average molecular weight is 308 g/mol. The summed E-state index contributed by atoms with van der Waals surface area (Å²) in [5.74, 6) is 1.05. The summed E-state index contributed by atoms with van der Waals surface area (Å²) in [7, 11) is 0. The highest BCUT2D eigenvalue weighted by atomic mass is 16.3. The van der Waals surface area contributed by atoms with Crippen molar-refractivity contribution in [2.75, 3.05) is 5.32 Å². The maximum Gasteiger partial charge on any atom is 0.227 e. The second-order valence-electron chi connectivity index (χ2n) is 5.88. The van der Waals surface area contributed by atoms with Crippen molar-refractivity contribution >= 4 is 22.7 Å². The predicted octanol–water partition coefficient (Wildman–Crippen LogP) is 4.97. The Hall–Kier alpha value is -2.62. The highest BCUT2D eigenvalue weighted by Crippen LogP contribution is 2.27. The molecule has 0 aliphatic rings. The normalized spacial score (nSPS) is 11.1. The number of nitrogens with zero attached hydrogens (tertiary/aromatic N) is 1. The van der Waals surface area contributed by atoms with Crippen LogP contribution in [-0.4, -0.2) is 10.9 Å². The molecule has 0 saturated heterocycles.